The molecule has 3 rings (SSSR count). The lowest BCUT2D eigenvalue weighted by atomic mass is 10.1. The summed E-state index contributed by atoms with van der Waals surface area (Å²) in [5, 5.41) is 8.76. The fourth-order valence-electron chi connectivity index (χ4n) is 2.17. The van der Waals surface area contributed by atoms with E-state index in [1.54, 1.807) is 42.6 Å². The monoisotopic (exact) mass is 358 g/mol. The van der Waals surface area contributed by atoms with Crippen LogP contribution in [0.4, 0.5) is 17.1 Å². The van der Waals surface area contributed by atoms with E-state index < -0.39 is 10.1 Å². The number of aromatic nitrogens is 1. The Morgan fingerprint density at radius 1 is 1.04 bits per heavy atom. The van der Waals surface area contributed by atoms with E-state index in [4.69, 9.17) is 5.73 Å². The minimum absolute atomic E-state index is 0.153. The van der Waals surface area contributed by atoms with Crippen LogP contribution in [-0.4, -0.2) is 18.0 Å². The van der Waals surface area contributed by atoms with E-state index in [1.165, 1.54) is 12.3 Å². The van der Waals surface area contributed by atoms with E-state index in [0.29, 0.717) is 16.5 Å². The first-order chi connectivity index (χ1) is 12.0. The van der Waals surface area contributed by atoms with Gasteiger partial charge in [-0.2, -0.15) is 8.42 Å². The molecule has 130 valence electrons. The summed E-state index contributed by atoms with van der Waals surface area (Å²) in [6.07, 6.45) is 3.10. The molecule has 0 atom stereocenters. The zero-order valence-electron chi connectivity index (χ0n) is 13.8. The number of nitrogens with two attached hydrogens (primary N) is 1. The second-order valence-corrected chi connectivity index (χ2v) is 6.13. The number of hydrogen-bond donors (Lipinski definition) is 2. The maximum atomic E-state index is 11.6. The molecule has 0 aliphatic carbocycles. The maximum Gasteiger partial charge on any atom is 0.295 e. The van der Waals surface area contributed by atoms with Gasteiger partial charge in [-0.1, -0.05) is 38.1 Å². The van der Waals surface area contributed by atoms with Gasteiger partial charge in [-0.3, -0.25) is 9.54 Å². The summed E-state index contributed by atoms with van der Waals surface area (Å²) in [7, 11) is -4.42. The number of nitrogens with zero attached hydrogens (tertiary/aromatic N) is 3. The molecule has 0 radical (unpaired) electrons. The fourth-order valence-corrected chi connectivity index (χ4v) is 2.89. The Bertz CT molecular complexity index is 1000. The first-order valence-electron chi connectivity index (χ1n) is 7.57. The number of benzene rings is 2. The second kappa shape index (κ2) is 7.82. The van der Waals surface area contributed by atoms with Gasteiger partial charge in [0, 0.05) is 17.0 Å². The Morgan fingerprint density at radius 3 is 2.32 bits per heavy atom. The van der Waals surface area contributed by atoms with E-state index in [0.717, 1.165) is 0 Å². The molecule has 25 heavy (non-hydrogen) atoms. The minimum Gasteiger partial charge on any atom is -0.396 e. The Kier molecular flexibility index (Phi) is 5.79. The van der Waals surface area contributed by atoms with Gasteiger partial charge in [-0.15, -0.1) is 10.2 Å². The standard InChI is InChI=1S/C15H12N4O3S.C2H6/c16-15-12-6-2-1-5-11(12)14(23(20,21)22)8-13(15)19-18-10-4-3-7-17-9-10;1-2/h1-9H,16H2,(H,20,21,22);1-2H3. The third-order valence-corrected chi connectivity index (χ3v) is 4.12. The second-order valence-electron chi connectivity index (χ2n) is 4.74. The molecule has 0 bridgehead atoms. The lowest BCUT2D eigenvalue weighted by Crippen LogP contribution is -2.01. The van der Waals surface area contributed by atoms with Gasteiger partial charge in [0.1, 0.15) is 16.3 Å². The smallest absolute Gasteiger partial charge is 0.295 e. The van der Waals surface area contributed by atoms with Crippen molar-refractivity contribution >= 4 is 38.0 Å². The van der Waals surface area contributed by atoms with Crippen LogP contribution in [0.3, 0.4) is 0 Å². The lowest BCUT2D eigenvalue weighted by Gasteiger charge is -2.09. The quantitative estimate of drug-likeness (QED) is 0.406. The van der Waals surface area contributed by atoms with Crippen LogP contribution >= 0.6 is 0 Å². The topological polar surface area (TPSA) is 118 Å². The van der Waals surface area contributed by atoms with Crippen molar-refractivity contribution in [3.8, 4) is 0 Å². The van der Waals surface area contributed by atoms with Crippen molar-refractivity contribution in [1.82, 2.24) is 4.98 Å². The van der Waals surface area contributed by atoms with Gasteiger partial charge >= 0.3 is 0 Å². The first kappa shape index (κ1) is 18.5. The van der Waals surface area contributed by atoms with Crippen molar-refractivity contribution in [2.45, 2.75) is 18.7 Å². The van der Waals surface area contributed by atoms with Crippen molar-refractivity contribution in [1.29, 1.82) is 0 Å². The molecule has 0 aliphatic heterocycles. The molecule has 3 N–H and O–H groups in total. The van der Waals surface area contributed by atoms with Crippen molar-refractivity contribution in [2.75, 3.05) is 5.73 Å². The van der Waals surface area contributed by atoms with Crippen LogP contribution in [0.15, 0.2) is 70.0 Å². The summed E-state index contributed by atoms with van der Waals surface area (Å²) in [6.45, 7) is 4.00. The summed E-state index contributed by atoms with van der Waals surface area (Å²) in [5.41, 5.74) is 6.97. The largest absolute Gasteiger partial charge is 0.396 e. The highest BCUT2D eigenvalue weighted by atomic mass is 32.2. The van der Waals surface area contributed by atoms with Crippen LogP contribution in [-0.2, 0) is 10.1 Å². The summed E-state index contributed by atoms with van der Waals surface area (Å²) in [6, 6.07) is 11.2. The molecular weight excluding hydrogens is 340 g/mol. The van der Waals surface area contributed by atoms with Crippen molar-refractivity contribution in [3.63, 3.8) is 0 Å². The molecule has 0 unspecified atom stereocenters. The molecular formula is C17H18N4O3S. The molecule has 0 aliphatic rings. The number of pyridine rings is 1. The highest BCUT2D eigenvalue weighted by Crippen LogP contribution is 2.36. The zero-order valence-corrected chi connectivity index (χ0v) is 14.6. The van der Waals surface area contributed by atoms with Gasteiger partial charge in [0.25, 0.3) is 10.1 Å². The highest BCUT2D eigenvalue weighted by Gasteiger charge is 2.18. The molecule has 1 aromatic heterocycles. The maximum absolute atomic E-state index is 11.6. The van der Waals surface area contributed by atoms with Gasteiger partial charge in [-0.25, -0.2) is 0 Å². The molecule has 8 heteroatoms. The molecule has 0 saturated carbocycles. The minimum atomic E-state index is -4.42. The number of nitrogen functional groups attached to an aromatic ring is 1. The Labute approximate surface area is 146 Å². The SMILES string of the molecule is CC.Nc1c(N=Nc2cccnc2)cc(S(=O)(=O)O)c2ccccc12. The van der Waals surface area contributed by atoms with E-state index in [2.05, 4.69) is 15.2 Å². The van der Waals surface area contributed by atoms with Gasteiger partial charge in [-0.05, 0) is 18.2 Å². The number of hydrogen-bond acceptors (Lipinski definition) is 6. The summed E-state index contributed by atoms with van der Waals surface area (Å²) in [4.78, 5) is 3.64. The van der Waals surface area contributed by atoms with Crippen molar-refractivity contribution < 1.29 is 13.0 Å². The highest BCUT2D eigenvalue weighted by molar-refractivity contribution is 7.86. The number of azo groups is 1. The van der Waals surface area contributed by atoms with Gasteiger partial charge in [0.15, 0.2) is 0 Å². The predicted molar refractivity (Wildman–Crippen MR) is 97.9 cm³/mol. The average molecular weight is 358 g/mol. The summed E-state index contributed by atoms with van der Waals surface area (Å²) >= 11 is 0. The number of fused-ring (bicyclic) bond motifs is 1. The number of anilines is 1. The van der Waals surface area contributed by atoms with Crippen LogP contribution < -0.4 is 5.73 Å². The zero-order chi connectivity index (χ0) is 18.4. The van der Waals surface area contributed by atoms with E-state index in [-0.39, 0.29) is 16.3 Å². The molecule has 1 heterocycles. The molecule has 2 aromatic carbocycles. The van der Waals surface area contributed by atoms with Crippen molar-refractivity contribution in [3.05, 3.63) is 54.9 Å². The third-order valence-electron chi connectivity index (χ3n) is 3.22. The first-order valence-corrected chi connectivity index (χ1v) is 9.01. The van der Waals surface area contributed by atoms with Crippen LogP contribution in [0.5, 0.6) is 0 Å². The van der Waals surface area contributed by atoms with E-state index in [9.17, 15) is 13.0 Å². The molecule has 3 aromatic rings. The predicted octanol–water partition coefficient (Wildman–Crippen LogP) is 4.51. The molecule has 7 nitrogen and oxygen atoms in total. The molecule has 0 amide bonds. The molecule has 0 saturated heterocycles. The van der Waals surface area contributed by atoms with Crippen LogP contribution in [0.1, 0.15) is 13.8 Å². The van der Waals surface area contributed by atoms with Crippen LogP contribution in [0, 0.1) is 0 Å². The van der Waals surface area contributed by atoms with E-state index >= 15 is 0 Å². The molecule has 0 fully saturated rings. The lowest BCUT2D eigenvalue weighted by molar-refractivity contribution is 0.484. The number of rotatable bonds is 3. The summed E-state index contributed by atoms with van der Waals surface area (Å²) < 4.78 is 32.7. The fraction of sp³-hybridized carbons (Fsp3) is 0.118. The van der Waals surface area contributed by atoms with Crippen LogP contribution in [0.25, 0.3) is 10.8 Å². The Hall–Kier alpha value is -2.84. The average Bonchev–Trinajstić information content (AvgIpc) is 2.63. The molecule has 0 spiro atoms. The Morgan fingerprint density at radius 2 is 1.72 bits per heavy atom. The van der Waals surface area contributed by atoms with E-state index in [1.807, 2.05) is 13.8 Å². The van der Waals surface area contributed by atoms with Gasteiger partial charge < -0.3 is 5.73 Å². The summed E-state index contributed by atoms with van der Waals surface area (Å²) in [5.74, 6) is 0. The van der Waals surface area contributed by atoms with Crippen LogP contribution in [0.2, 0.25) is 0 Å². The Balaban J connectivity index is 0.00000109. The normalized spacial score (nSPS) is 11.3. The third kappa shape index (κ3) is 4.17. The van der Waals surface area contributed by atoms with Gasteiger partial charge in [0.2, 0.25) is 0 Å². The van der Waals surface area contributed by atoms with Crippen molar-refractivity contribution in [2.24, 2.45) is 10.2 Å². The van der Waals surface area contributed by atoms with Gasteiger partial charge in [0.05, 0.1) is 11.9 Å².